The molecular weight excluding hydrogens is 855 g/mol. The zero-order valence-corrected chi connectivity index (χ0v) is 26.4. The standard InChI is InChI=1S/C18H12Br8/c1-17(2)10-11(13(23)15(25)14(24)12(10)22)18(3,16(17)26)9-7(20)4-6(19)5-8(9)21/h4-5,16H,1-3H3. The normalized spacial score (nSPS) is 24.0. The number of hydrogen-bond donors (Lipinski definition) is 0. The monoisotopic (exact) mass is 859 g/mol. The van der Waals surface area contributed by atoms with E-state index in [1.54, 1.807) is 0 Å². The molecule has 2 unspecified atom stereocenters. The molecule has 140 valence electrons. The van der Waals surface area contributed by atoms with Crippen LogP contribution < -0.4 is 0 Å². The molecule has 0 saturated carbocycles. The molecule has 0 aliphatic heterocycles. The highest BCUT2D eigenvalue weighted by Gasteiger charge is 2.57. The molecule has 0 heterocycles. The third-order valence-corrected chi connectivity index (χ3v) is 13.6. The lowest BCUT2D eigenvalue weighted by molar-refractivity contribution is 0.446. The second-order valence-electron chi connectivity index (χ2n) is 7.04. The topological polar surface area (TPSA) is 0 Å². The zero-order valence-electron chi connectivity index (χ0n) is 13.8. The first-order valence-electron chi connectivity index (χ1n) is 7.52. The molecular formula is C18H12Br8. The maximum Gasteiger partial charge on any atom is 0.0474 e. The molecule has 1 aliphatic rings. The number of benzene rings is 2. The summed E-state index contributed by atoms with van der Waals surface area (Å²) in [6, 6.07) is 4.21. The van der Waals surface area contributed by atoms with Gasteiger partial charge < -0.3 is 0 Å². The van der Waals surface area contributed by atoms with Crippen molar-refractivity contribution in [3.63, 3.8) is 0 Å². The van der Waals surface area contributed by atoms with E-state index in [9.17, 15) is 0 Å². The van der Waals surface area contributed by atoms with E-state index in [4.69, 9.17) is 0 Å². The first-order chi connectivity index (χ1) is 11.9. The molecule has 0 saturated heterocycles. The van der Waals surface area contributed by atoms with Gasteiger partial charge in [0.05, 0.1) is 0 Å². The smallest absolute Gasteiger partial charge is 0.0474 e. The van der Waals surface area contributed by atoms with Crippen LogP contribution in [0.4, 0.5) is 0 Å². The molecule has 26 heavy (non-hydrogen) atoms. The van der Waals surface area contributed by atoms with Crippen molar-refractivity contribution in [2.24, 2.45) is 0 Å². The summed E-state index contributed by atoms with van der Waals surface area (Å²) in [5.41, 5.74) is 3.42. The Balaban J connectivity index is 2.52. The third-order valence-electron chi connectivity index (χ3n) is 5.10. The number of hydrogen-bond acceptors (Lipinski definition) is 0. The Bertz CT molecular complexity index is 911. The highest BCUT2D eigenvalue weighted by atomic mass is 79.9. The van der Waals surface area contributed by atoms with Gasteiger partial charge in [-0.25, -0.2) is 0 Å². The van der Waals surface area contributed by atoms with Gasteiger partial charge in [-0.1, -0.05) is 84.5 Å². The molecule has 0 bridgehead atoms. The summed E-state index contributed by atoms with van der Waals surface area (Å²) in [4.78, 5) is 0.181. The zero-order chi connectivity index (χ0) is 19.8. The van der Waals surface area contributed by atoms with E-state index in [1.807, 2.05) is 0 Å². The predicted molar refractivity (Wildman–Crippen MR) is 139 cm³/mol. The van der Waals surface area contributed by atoms with Crippen molar-refractivity contribution >= 4 is 127 Å². The van der Waals surface area contributed by atoms with Crippen LogP contribution in [0, 0.1) is 0 Å². The molecule has 0 radical (unpaired) electrons. The van der Waals surface area contributed by atoms with Gasteiger partial charge in [-0.05, 0) is 92.5 Å². The highest BCUT2D eigenvalue weighted by molar-refractivity contribution is 9.15. The van der Waals surface area contributed by atoms with Crippen LogP contribution in [0.25, 0.3) is 0 Å². The summed E-state index contributed by atoms with van der Waals surface area (Å²) in [6.45, 7) is 6.87. The van der Waals surface area contributed by atoms with Gasteiger partial charge in [0, 0.05) is 47.0 Å². The van der Waals surface area contributed by atoms with Crippen LogP contribution in [0.5, 0.6) is 0 Å². The van der Waals surface area contributed by atoms with Crippen LogP contribution in [-0.4, -0.2) is 4.83 Å². The van der Waals surface area contributed by atoms with Gasteiger partial charge in [-0.3, -0.25) is 0 Å². The Hall–Kier alpha value is 2.28. The molecule has 0 N–H and O–H groups in total. The lowest BCUT2D eigenvalue weighted by Gasteiger charge is -2.36. The van der Waals surface area contributed by atoms with Crippen molar-refractivity contribution in [1.29, 1.82) is 0 Å². The molecule has 2 aromatic carbocycles. The van der Waals surface area contributed by atoms with Gasteiger partial charge in [-0.2, -0.15) is 0 Å². The van der Waals surface area contributed by atoms with Crippen LogP contribution in [0.2, 0.25) is 0 Å². The summed E-state index contributed by atoms with van der Waals surface area (Å²) < 4.78 is 7.36. The van der Waals surface area contributed by atoms with E-state index in [-0.39, 0.29) is 15.7 Å². The van der Waals surface area contributed by atoms with Gasteiger partial charge >= 0.3 is 0 Å². The van der Waals surface area contributed by atoms with Crippen LogP contribution in [0.15, 0.2) is 43.4 Å². The van der Waals surface area contributed by atoms with E-state index < -0.39 is 0 Å². The average Bonchev–Trinajstić information content (AvgIpc) is 2.68. The lowest BCUT2D eigenvalue weighted by Crippen LogP contribution is -2.38. The van der Waals surface area contributed by atoms with Crippen LogP contribution in [0.1, 0.15) is 37.5 Å². The summed E-state index contributed by atoms with van der Waals surface area (Å²) in [6.07, 6.45) is 0. The van der Waals surface area contributed by atoms with Crippen LogP contribution in [-0.2, 0) is 10.8 Å². The number of fused-ring (bicyclic) bond motifs is 1. The van der Waals surface area contributed by atoms with E-state index in [1.165, 1.54) is 16.7 Å². The molecule has 2 atom stereocenters. The summed E-state index contributed by atoms with van der Waals surface area (Å²) in [7, 11) is 0. The Morgan fingerprint density at radius 2 is 1.08 bits per heavy atom. The molecule has 0 amide bonds. The average molecular weight is 868 g/mol. The quantitative estimate of drug-likeness (QED) is 0.152. The summed E-state index contributed by atoms with van der Waals surface area (Å²) in [5.74, 6) is 0. The van der Waals surface area contributed by atoms with E-state index in [2.05, 4.69) is 160 Å². The lowest BCUT2D eigenvalue weighted by atomic mass is 9.75. The fourth-order valence-corrected chi connectivity index (χ4v) is 10.8. The first kappa shape index (κ1) is 23.0. The molecule has 0 spiro atoms. The van der Waals surface area contributed by atoms with E-state index >= 15 is 0 Å². The minimum absolute atomic E-state index is 0.0966. The van der Waals surface area contributed by atoms with Crippen molar-refractivity contribution in [3.05, 3.63) is 60.1 Å². The molecule has 2 aromatic rings. The maximum absolute atomic E-state index is 4.08. The van der Waals surface area contributed by atoms with Crippen molar-refractivity contribution in [1.82, 2.24) is 0 Å². The van der Waals surface area contributed by atoms with Crippen molar-refractivity contribution in [3.8, 4) is 0 Å². The molecule has 1 aliphatic carbocycles. The van der Waals surface area contributed by atoms with Crippen molar-refractivity contribution in [2.45, 2.75) is 36.4 Å². The third kappa shape index (κ3) is 3.21. The van der Waals surface area contributed by atoms with Crippen molar-refractivity contribution in [2.75, 3.05) is 0 Å². The fourth-order valence-electron chi connectivity index (χ4n) is 3.99. The second-order valence-corrected chi connectivity index (χ2v) is 13.7. The number of rotatable bonds is 1. The SMILES string of the molecule is CC1(C)c2c(Br)c(Br)c(Br)c(Br)c2C(C)(c2c(Br)cc(Br)cc2Br)C1Br. The minimum Gasteiger partial charge on any atom is -0.0868 e. The molecule has 0 aromatic heterocycles. The Kier molecular flexibility index (Phi) is 6.85. The molecule has 3 rings (SSSR count). The Morgan fingerprint density at radius 1 is 0.654 bits per heavy atom. The molecule has 8 heteroatoms. The van der Waals surface area contributed by atoms with E-state index in [0.29, 0.717) is 0 Å². The van der Waals surface area contributed by atoms with Gasteiger partial charge in [0.1, 0.15) is 0 Å². The maximum atomic E-state index is 4.08. The highest BCUT2D eigenvalue weighted by Crippen LogP contribution is 2.63. The predicted octanol–water partition coefficient (Wildman–Crippen LogP) is 10.4. The molecule has 0 nitrogen and oxygen atoms in total. The largest absolute Gasteiger partial charge is 0.0868 e. The summed E-state index contributed by atoms with van der Waals surface area (Å²) >= 11 is 30.5. The van der Waals surface area contributed by atoms with Gasteiger partial charge in [-0.15, -0.1) is 0 Å². The number of halogens is 8. The Labute approximate surface area is 221 Å². The number of alkyl halides is 1. The summed E-state index contributed by atoms with van der Waals surface area (Å²) in [5, 5.41) is 0. The van der Waals surface area contributed by atoms with Gasteiger partial charge in [0.2, 0.25) is 0 Å². The second kappa shape index (κ2) is 7.76. The van der Waals surface area contributed by atoms with Gasteiger partial charge in [0.25, 0.3) is 0 Å². The van der Waals surface area contributed by atoms with Crippen molar-refractivity contribution < 1.29 is 0 Å². The van der Waals surface area contributed by atoms with Crippen LogP contribution in [0.3, 0.4) is 0 Å². The minimum atomic E-state index is -0.276. The fraction of sp³-hybridized carbons (Fsp3) is 0.333. The molecule has 0 fully saturated rings. The van der Waals surface area contributed by atoms with E-state index in [0.717, 1.165) is 31.3 Å². The first-order valence-corrected chi connectivity index (χ1v) is 14.0. The Morgan fingerprint density at radius 3 is 1.54 bits per heavy atom. The van der Waals surface area contributed by atoms with Crippen LogP contribution >= 0.6 is 127 Å². The van der Waals surface area contributed by atoms with Gasteiger partial charge in [0.15, 0.2) is 0 Å².